The monoisotopic (exact) mass is 258 g/mol. The summed E-state index contributed by atoms with van der Waals surface area (Å²) in [6.45, 7) is 0. The second kappa shape index (κ2) is 5.13. The van der Waals surface area contributed by atoms with Gasteiger partial charge in [-0.2, -0.15) is 5.10 Å². The van der Waals surface area contributed by atoms with Crippen LogP contribution >= 0.6 is 0 Å². The third-order valence-corrected chi connectivity index (χ3v) is 2.50. The van der Waals surface area contributed by atoms with Gasteiger partial charge < -0.3 is 10.9 Å². The molecule has 2 aromatic rings. The highest BCUT2D eigenvalue weighted by Gasteiger charge is 2.22. The van der Waals surface area contributed by atoms with Crippen LogP contribution in [-0.4, -0.2) is 20.7 Å². The van der Waals surface area contributed by atoms with Crippen LogP contribution in [0.1, 0.15) is 11.3 Å². The molecule has 0 atom stereocenters. The van der Waals surface area contributed by atoms with Crippen LogP contribution in [0.15, 0.2) is 47.7 Å². The van der Waals surface area contributed by atoms with E-state index in [2.05, 4.69) is 10.1 Å². The number of hydrogen-bond acceptors (Lipinski definition) is 6. The number of para-hydroxylation sites is 1. The molecule has 0 unspecified atom stereocenters. The molecule has 0 radical (unpaired) electrons. The van der Waals surface area contributed by atoms with Crippen molar-refractivity contribution in [1.29, 1.82) is 0 Å². The summed E-state index contributed by atoms with van der Waals surface area (Å²) in [5, 5.41) is 24.3. The van der Waals surface area contributed by atoms with Crippen molar-refractivity contribution in [3.8, 4) is 5.75 Å². The highest BCUT2D eigenvalue weighted by molar-refractivity contribution is 6.15. The van der Waals surface area contributed by atoms with Crippen molar-refractivity contribution >= 4 is 11.4 Å². The van der Waals surface area contributed by atoms with Crippen LogP contribution in [0.2, 0.25) is 0 Å². The molecule has 0 aliphatic carbocycles. The summed E-state index contributed by atoms with van der Waals surface area (Å²) in [5.41, 5.74) is 0.128. The summed E-state index contributed by atoms with van der Waals surface area (Å²) >= 11 is 0. The van der Waals surface area contributed by atoms with Crippen molar-refractivity contribution in [2.75, 3.05) is 0 Å². The topological polar surface area (TPSA) is 115 Å². The van der Waals surface area contributed by atoms with E-state index in [4.69, 9.17) is 5.84 Å². The number of pyridine rings is 1. The number of hydrogen-bond donors (Lipinski definition) is 2. The van der Waals surface area contributed by atoms with Crippen LogP contribution in [0.25, 0.3) is 0 Å². The summed E-state index contributed by atoms with van der Waals surface area (Å²) in [7, 11) is 0. The van der Waals surface area contributed by atoms with E-state index >= 15 is 0 Å². The molecule has 0 spiro atoms. The van der Waals surface area contributed by atoms with Crippen LogP contribution in [0.4, 0.5) is 5.69 Å². The number of rotatable bonds is 3. The zero-order valence-electron chi connectivity index (χ0n) is 9.72. The molecular formula is C12H10N4O3. The van der Waals surface area contributed by atoms with Crippen molar-refractivity contribution in [2.24, 2.45) is 10.9 Å². The van der Waals surface area contributed by atoms with Gasteiger partial charge in [-0.3, -0.25) is 10.1 Å². The summed E-state index contributed by atoms with van der Waals surface area (Å²) in [5.74, 6) is 5.21. The molecule has 0 aliphatic rings. The quantitative estimate of drug-likeness (QED) is 0.374. The van der Waals surface area contributed by atoms with Gasteiger partial charge >= 0.3 is 0 Å². The fourth-order valence-electron chi connectivity index (χ4n) is 1.66. The lowest BCUT2D eigenvalue weighted by Gasteiger charge is -2.07. The molecule has 1 aromatic carbocycles. The van der Waals surface area contributed by atoms with Crippen LogP contribution in [0.3, 0.4) is 0 Å². The fourth-order valence-corrected chi connectivity index (χ4v) is 1.66. The average molecular weight is 258 g/mol. The highest BCUT2D eigenvalue weighted by Crippen LogP contribution is 2.24. The molecule has 0 saturated heterocycles. The Hall–Kier alpha value is -2.96. The van der Waals surface area contributed by atoms with Gasteiger partial charge in [0.15, 0.2) is 5.69 Å². The zero-order valence-corrected chi connectivity index (χ0v) is 9.72. The predicted octanol–water partition coefficient (Wildman–Crippen LogP) is 1.41. The van der Waals surface area contributed by atoms with E-state index < -0.39 is 4.92 Å². The number of aromatic nitrogens is 1. The van der Waals surface area contributed by atoms with E-state index in [1.165, 1.54) is 24.4 Å². The second-order valence-corrected chi connectivity index (χ2v) is 3.62. The first-order chi connectivity index (χ1) is 9.15. The van der Waals surface area contributed by atoms with Crippen LogP contribution in [0, 0.1) is 10.1 Å². The smallest absolute Gasteiger partial charge is 0.297 e. The minimum absolute atomic E-state index is 0.0106. The van der Waals surface area contributed by atoms with E-state index in [1.807, 2.05) is 0 Å². The summed E-state index contributed by atoms with van der Waals surface area (Å²) in [4.78, 5) is 14.3. The van der Waals surface area contributed by atoms with Gasteiger partial charge in [-0.1, -0.05) is 12.1 Å². The molecule has 0 bridgehead atoms. The largest absolute Gasteiger partial charge is 0.507 e. The molecule has 0 saturated carbocycles. The van der Waals surface area contributed by atoms with Gasteiger partial charge in [0.2, 0.25) is 0 Å². The lowest BCUT2D eigenvalue weighted by atomic mass is 10.0. The van der Waals surface area contributed by atoms with Crippen molar-refractivity contribution in [1.82, 2.24) is 4.98 Å². The Morgan fingerprint density at radius 1 is 1.32 bits per heavy atom. The standard InChI is InChI=1S/C12H10N4O3/c13-15-11(8-4-1-2-6-10(8)17)12-9(16(18)19)5-3-7-14-12/h1-7,17H,13H2/b15-11+. The van der Waals surface area contributed by atoms with Crippen LogP contribution < -0.4 is 5.84 Å². The molecule has 19 heavy (non-hydrogen) atoms. The maximum atomic E-state index is 11.0. The fraction of sp³-hybridized carbons (Fsp3) is 0. The van der Waals surface area contributed by atoms with Gasteiger partial charge in [0, 0.05) is 17.8 Å². The normalized spacial score (nSPS) is 11.3. The Morgan fingerprint density at radius 2 is 2.05 bits per heavy atom. The molecule has 0 aliphatic heterocycles. The van der Waals surface area contributed by atoms with Gasteiger partial charge in [-0.15, -0.1) is 0 Å². The predicted molar refractivity (Wildman–Crippen MR) is 68.8 cm³/mol. The maximum Gasteiger partial charge on any atom is 0.297 e. The lowest BCUT2D eigenvalue weighted by Crippen LogP contribution is -2.11. The number of nitrogens with two attached hydrogens (primary N) is 1. The number of aromatic hydroxyl groups is 1. The van der Waals surface area contributed by atoms with E-state index in [0.29, 0.717) is 0 Å². The van der Waals surface area contributed by atoms with E-state index in [9.17, 15) is 15.2 Å². The first-order valence-electron chi connectivity index (χ1n) is 5.31. The molecule has 1 aromatic heterocycles. The average Bonchev–Trinajstić information content (AvgIpc) is 2.42. The van der Waals surface area contributed by atoms with Crippen molar-refractivity contribution in [3.63, 3.8) is 0 Å². The Bertz CT molecular complexity index is 655. The maximum absolute atomic E-state index is 11.0. The van der Waals surface area contributed by atoms with Gasteiger partial charge in [0.25, 0.3) is 5.69 Å². The minimum atomic E-state index is -0.576. The summed E-state index contributed by atoms with van der Waals surface area (Å²) in [6, 6.07) is 9.03. The van der Waals surface area contributed by atoms with Gasteiger partial charge in [-0.05, 0) is 18.2 Å². The van der Waals surface area contributed by atoms with Gasteiger partial charge in [-0.25, -0.2) is 4.98 Å². The van der Waals surface area contributed by atoms with E-state index in [0.717, 1.165) is 0 Å². The number of phenols is 1. The number of benzene rings is 1. The number of hydrazone groups is 1. The van der Waals surface area contributed by atoms with Gasteiger partial charge in [0.05, 0.1) is 4.92 Å². The molecular weight excluding hydrogens is 248 g/mol. The van der Waals surface area contributed by atoms with Crippen molar-refractivity contribution in [3.05, 3.63) is 64.0 Å². The molecule has 96 valence electrons. The molecule has 0 amide bonds. The molecule has 7 nitrogen and oxygen atoms in total. The van der Waals surface area contributed by atoms with Gasteiger partial charge in [0.1, 0.15) is 11.5 Å². The first kappa shape index (κ1) is 12.5. The third-order valence-electron chi connectivity index (χ3n) is 2.50. The SMILES string of the molecule is N/N=C(\c1ccccc1O)c1ncccc1[N+](=O)[O-]. The second-order valence-electron chi connectivity index (χ2n) is 3.62. The Morgan fingerprint density at radius 3 is 2.68 bits per heavy atom. The van der Waals surface area contributed by atoms with Crippen molar-refractivity contribution < 1.29 is 10.0 Å². The van der Waals surface area contributed by atoms with Crippen molar-refractivity contribution in [2.45, 2.75) is 0 Å². The van der Waals surface area contributed by atoms with Crippen LogP contribution in [0.5, 0.6) is 5.75 Å². The zero-order chi connectivity index (χ0) is 13.8. The summed E-state index contributed by atoms with van der Waals surface area (Å²) < 4.78 is 0. The highest BCUT2D eigenvalue weighted by atomic mass is 16.6. The molecule has 2 rings (SSSR count). The lowest BCUT2D eigenvalue weighted by molar-refractivity contribution is -0.385. The summed E-state index contributed by atoms with van der Waals surface area (Å²) in [6.07, 6.45) is 1.40. The number of nitro groups is 1. The Labute approximate surface area is 108 Å². The molecule has 0 fully saturated rings. The molecule has 1 heterocycles. The number of phenolic OH excluding ortho intramolecular Hbond substituents is 1. The van der Waals surface area contributed by atoms with Crippen LogP contribution in [-0.2, 0) is 0 Å². The third kappa shape index (κ3) is 2.34. The van der Waals surface area contributed by atoms with E-state index in [-0.39, 0.29) is 28.4 Å². The molecule has 3 N–H and O–H groups in total. The Kier molecular flexibility index (Phi) is 3.37. The van der Waals surface area contributed by atoms with E-state index in [1.54, 1.807) is 18.2 Å². The Balaban J connectivity index is 2.63. The first-order valence-corrected chi connectivity index (χ1v) is 5.31. The minimum Gasteiger partial charge on any atom is -0.507 e. The molecule has 7 heteroatoms. The number of nitrogens with zero attached hydrogens (tertiary/aromatic N) is 3.